The fourth-order valence-corrected chi connectivity index (χ4v) is 2.52. The summed E-state index contributed by atoms with van der Waals surface area (Å²) in [6.45, 7) is 2.11. The molecule has 0 aliphatic carbocycles. The molecule has 1 nitrogen and oxygen atoms in total. The maximum Gasteiger partial charge on any atom is 0.168 e. The lowest BCUT2D eigenvalue weighted by molar-refractivity contribution is 0.0992. The Morgan fingerprint density at radius 1 is 1.11 bits per heavy atom. The lowest BCUT2D eigenvalue weighted by Crippen LogP contribution is -2.04. The highest BCUT2D eigenvalue weighted by Crippen LogP contribution is 2.22. The second-order valence-corrected chi connectivity index (χ2v) is 5.68. The summed E-state index contributed by atoms with van der Waals surface area (Å²) in [7, 11) is 0. The maximum absolute atomic E-state index is 12.3. The number of benzene rings is 2. The predicted octanol–water partition coefficient (Wildman–Crippen LogP) is 5.09. The molecule has 0 spiro atoms. The molecule has 0 aliphatic heterocycles. The number of halogens is 2. The lowest BCUT2D eigenvalue weighted by atomic mass is 10.0. The number of Topliss-reactive ketones (excluding diaryl/α,β-unsaturated/α-hetero) is 1. The molecule has 0 radical (unpaired) electrons. The van der Waals surface area contributed by atoms with Crippen molar-refractivity contribution in [3.8, 4) is 0 Å². The van der Waals surface area contributed by atoms with Crippen LogP contribution < -0.4 is 0 Å². The molecule has 0 aromatic heterocycles. The van der Waals surface area contributed by atoms with Crippen molar-refractivity contribution in [1.82, 2.24) is 0 Å². The molecule has 3 heteroatoms. The Labute approximate surface area is 126 Å². The fourth-order valence-electron chi connectivity index (χ4n) is 1.88. The summed E-state index contributed by atoms with van der Waals surface area (Å²) in [6.07, 6.45) is 1.40. The maximum atomic E-state index is 12.3. The molecule has 2 aromatic carbocycles. The van der Waals surface area contributed by atoms with Crippen molar-refractivity contribution in [2.75, 3.05) is 0 Å². The van der Waals surface area contributed by atoms with Crippen LogP contribution >= 0.6 is 27.5 Å². The molecule has 0 saturated heterocycles. The van der Waals surface area contributed by atoms with E-state index >= 15 is 0 Å². The number of hydrogen-bond donors (Lipinski definition) is 0. The second kappa shape index (κ2) is 6.36. The number of hydrogen-bond acceptors (Lipinski definition) is 1. The van der Waals surface area contributed by atoms with E-state index in [0.717, 1.165) is 16.5 Å². The van der Waals surface area contributed by atoms with E-state index in [0.29, 0.717) is 17.0 Å². The molecule has 19 heavy (non-hydrogen) atoms. The molecule has 98 valence electrons. The van der Waals surface area contributed by atoms with Crippen molar-refractivity contribution in [1.29, 1.82) is 0 Å². The van der Waals surface area contributed by atoms with Gasteiger partial charge < -0.3 is 0 Å². The molecular weight excluding hydrogens is 324 g/mol. The molecule has 0 amide bonds. The van der Waals surface area contributed by atoms with Gasteiger partial charge in [-0.3, -0.25) is 4.79 Å². The normalized spacial score (nSPS) is 10.5. The zero-order chi connectivity index (χ0) is 13.8. The van der Waals surface area contributed by atoms with Crippen LogP contribution in [0.2, 0.25) is 5.02 Å². The van der Waals surface area contributed by atoms with Crippen LogP contribution in [0.1, 0.15) is 28.4 Å². The van der Waals surface area contributed by atoms with Crippen LogP contribution in [0.15, 0.2) is 46.9 Å². The van der Waals surface area contributed by atoms with E-state index in [1.54, 1.807) is 18.2 Å². The van der Waals surface area contributed by atoms with Crippen LogP contribution in [0.25, 0.3) is 0 Å². The van der Waals surface area contributed by atoms with Crippen molar-refractivity contribution in [2.24, 2.45) is 0 Å². The van der Waals surface area contributed by atoms with Gasteiger partial charge in [0.2, 0.25) is 0 Å². The minimum atomic E-state index is 0.0682. The first kappa shape index (κ1) is 14.3. The highest BCUT2D eigenvalue weighted by Gasteiger charge is 2.11. The third kappa shape index (κ3) is 3.68. The first-order valence-corrected chi connectivity index (χ1v) is 7.33. The predicted molar refractivity (Wildman–Crippen MR) is 83.0 cm³/mol. The van der Waals surface area contributed by atoms with Gasteiger partial charge in [-0.1, -0.05) is 58.7 Å². The highest BCUT2D eigenvalue weighted by molar-refractivity contribution is 9.10. The van der Waals surface area contributed by atoms with Crippen LogP contribution in [0, 0.1) is 0 Å². The van der Waals surface area contributed by atoms with Gasteiger partial charge in [0, 0.05) is 21.5 Å². The third-order valence-corrected chi connectivity index (χ3v) is 3.95. The van der Waals surface area contributed by atoms with Crippen molar-refractivity contribution in [3.05, 3.63) is 68.7 Å². The summed E-state index contributed by atoms with van der Waals surface area (Å²) in [4.78, 5) is 12.3. The van der Waals surface area contributed by atoms with Gasteiger partial charge in [-0.25, -0.2) is 0 Å². The van der Waals surface area contributed by atoms with E-state index in [9.17, 15) is 4.79 Å². The highest BCUT2D eigenvalue weighted by atomic mass is 79.9. The van der Waals surface area contributed by atoms with Crippen LogP contribution in [0.4, 0.5) is 0 Å². The lowest BCUT2D eigenvalue weighted by Gasteiger charge is -2.05. The molecule has 0 bridgehead atoms. The monoisotopic (exact) mass is 336 g/mol. The van der Waals surface area contributed by atoms with Gasteiger partial charge in [0.15, 0.2) is 5.78 Å². The van der Waals surface area contributed by atoms with Crippen molar-refractivity contribution in [2.45, 2.75) is 19.8 Å². The van der Waals surface area contributed by atoms with Crippen LogP contribution in [0.3, 0.4) is 0 Å². The van der Waals surface area contributed by atoms with Gasteiger partial charge in [-0.2, -0.15) is 0 Å². The second-order valence-electron chi connectivity index (χ2n) is 4.39. The standard InChI is InChI=1S/C16H14BrClO/c1-2-11-3-5-12(6-4-11)9-16(19)14-10-13(18)7-8-15(14)17/h3-8,10H,2,9H2,1H3. The SMILES string of the molecule is CCc1ccc(CC(=O)c2cc(Cl)ccc2Br)cc1. The number of carbonyl (C=O) groups is 1. The van der Waals surface area contributed by atoms with E-state index in [1.807, 2.05) is 12.1 Å². The zero-order valence-corrected chi connectivity index (χ0v) is 13.0. The summed E-state index contributed by atoms with van der Waals surface area (Å²) < 4.78 is 0.784. The molecule has 2 rings (SSSR count). The van der Waals surface area contributed by atoms with Crippen molar-refractivity contribution in [3.63, 3.8) is 0 Å². The Bertz CT molecular complexity index is 590. The quantitative estimate of drug-likeness (QED) is 0.710. The van der Waals surface area contributed by atoms with Gasteiger partial charge >= 0.3 is 0 Å². The Hall–Kier alpha value is -1.12. The van der Waals surface area contributed by atoms with Gasteiger partial charge in [-0.05, 0) is 35.7 Å². The van der Waals surface area contributed by atoms with E-state index in [-0.39, 0.29) is 5.78 Å². The molecule has 0 heterocycles. The summed E-state index contributed by atoms with van der Waals surface area (Å²) >= 11 is 9.32. The van der Waals surface area contributed by atoms with Crippen LogP contribution in [0.5, 0.6) is 0 Å². The molecule has 0 atom stereocenters. The van der Waals surface area contributed by atoms with E-state index in [4.69, 9.17) is 11.6 Å². The number of aryl methyl sites for hydroxylation is 1. The van der Waals surface area contributed by atoms with Crippen LogP contribution in [-0.4, -0.2) is 5.78 Å². The van der Waals surface area contributed by atoms with Gasteiger partial charge in [-0.15, -0.1) is 0 Å². The van der Waals surface area contributed by atoms with Crippen LogP contribution in [-0.2, 0) is 12.8 Å². The molecule has 0 fully saturated rings. The van der Waals surface area contributed by atoms with E-state index < -0.39 is 0 Å². The smallest absolute Gasteiger partial charge is 0.168 e. The molecular formula is C16H14BrClO. The van der Waals surface area contributed by atoms with E-state index in [2.05, 4.69) is 35.0 Å². The molecule has 0 N–H and O–H groups in total. The number of carbonyl (C=O) groups excluding carboxylic acids is 1. The number of rotatable bonds is 4. The molecule has 0 saturated carbocycles. The summed E-state index contributed by atoms with van der Waals surface area (Å²) in [5.74, 6) is 0.0682. The number of ketones is 1. The average molecular weight is 338 g/mol. The van der Waals surface area contributed by atoms with Gasteiger partial charge in [0.1, 0.15) is 0 Å². The van der Waals surface area contributed by atoms with Gasteiger partial charge in [0.05, 0.1) is 0 Å². The first-order valence-electron chi connectivity index (χ1n) is 6.16. The Balaban J connectivity index is 2.18. The largest absolute Gasteiger partial charge is 0.294 e. The van der Waals surface area contributed by atoms with Crippen molar-refractivity contribution >= 4 is 33.3 Å². The Morgan fingerprint density at radius 3 is 2.37 bits per heavy atom. The summed E-state index contributed by atoms with van der Waals surface area (Å²) in [5, 5.41) is 0.577. The Morgan fingerprint density at radius 2 is 1.74 bits per heavy atom. The average Bonchev–Trinajstić information content (AvgIpc) is 2.42. The van der Waals surface area contributed by atoms with E-state index in [1.165, 1.54) is 5.56 Å². The molecule has 0 aliphatic rings. The molecule has 0 unspecified atom stereocenters. The summed E-state index contributed by atoms with van der Waals surface area (Å²) in [6, 6.07) is 13.4. The van der Waals surface area contributed by atoms with Gasteiger partial charge in [0.25, 0.3) is 0 Å². The molecule has 2 aromatic rings. The summed E-state index contributed by atoms with van der Waals surface area (Å²) in [5.41, 5.74) is 2.93. The Kier molecular flexibility index (Phi) is 4.78. The minimum absolute atomic E-state index is 0.0682. The zero-order valence-electron chi connectivity index (χ0n) is 10.6. The fraction of sp³-hybridized carbons (Fsp3) is 0.188. The first-order chi connectivity index (χ1) is 9.10. The van der Waals surface area contributed by atoms with Crippen molar-refractivity contribution < 1.29 is 4.79 Å². The third-order valence-electron chi connectivity index (χ3n) is 3.02. The topological polar surface area (TPSA) is 17.1 Å². The minimum Gasteiger partial charge on any atom is -0.294 e.